The van der Waals surface area contributed by atoms with Crippen LogP contribution in [0.5, 0.6) is 0 Å². The van der Waals surface area contributed by atoms with Gasteiger partial charge in [0.15, 0.2) is 0 Å². The van der Waals surface area contributed by atoms with Crippen LogP contribution in [0, 0.1) is 5.92 Å². The molecule has 0 spiro atoms. The first-order valence-corrected chi connectivity index (χ1v) is 8.43. The van der Waals surface area contributed by atoms with E-state index in [9.17, 15) is 9.59 Å². The highest BCUT2D eigenvalue weighted by Gasteiger charge is 2.20. The van der Waals surface area contributed by atoms with Gasteiger partial charge >= 0.3 is 0 Å². The van der Waals surface area contributed by atoms with E-state index < -0.39 is 0 Å². The fourth-order valence-electron chi connectivity index (χ4n) is 3.22. The van der Waals surface area contributed by atoms with Crippen LogP contribution in [0.15, 0.2) is 45.8 Å². The predicted molar refractivity (Wildman–Crippen MR) is 90.7 cm³/mol. The second kappa shape index (κ2) is 7.97. The molecule has 2 aromatic heterocycles. The lowest BCUT2D eigenvalue weighted by Gasteiger charge is -2.32. The molecule has 6 nitrogen and oxygen atoms in total. The van der Waals surface area contributed by atoms with Crippen LogP contribution in [0.4, 0.5) is 0 Å². The van der Waals surface area contributed by atoms with Crippen LogP contribution in [-0.2, 0) is 6.54 Å². The Morgan fingerprint density at radius 1 is 1.33 bits per heavy atom. The van der Waals surface area contributed by atoms with Crippen molar-refractivity contribution < 1.29 is 9.21 Å². The normalized spacial score (nSPS) is 18.4. The molecule has 1 amide bonds. The minimum Gasteiger partial charge on any atom is -0.468 e. The molecule has 1 aliphatic rings. The summed E-state index contributed by atoms with van der Waals surface area (Å²) >= 11 is 0. The van der Waals surface area contributed by atoms with Crippen LogP contribution in [0.25, 0.3) is 0 Å². The average molecular weight is 329 g/mol. The summed E-state index contributed by atoms with van der Waals surface area (Å²) in [5.74, 6) is 1.34. The van der Waals surface area contributed by atoms with Crippen LogP contribution in [0.3, 0.4) is 0 Å². The summed E-state index contributed by atoms with van der Waals surface area (Å²) in [5, 5.41) is 2.89. The van der Waals surface area contributed by atoms with E-state index in [1.165, 1.54) is 18.9 Å². The molecule has 2 aromatic rings. The number of aromatic nitrogens is 1. The molecule has 0 aliphatic carbocycles. The molecule has 0 unspecified atom stereocenters. The number of likely N-dealkylation sites (tertiary alicyclic amines) is 1. The number of furan rings is 1. The first kappa shape index (κ1) is 16.5. The lowest BCUT2D eigenvalue weighted by molar-refractivity contribution is 0.0940. The van der Waals surface area contributed by atoms with Crippen molar-refractivity contribution in [1.82, 2.24) is 15.2 Å². The highest BCUT2D eigenvalue weighted by molar-refractivity contribution is 5.92. The maximum absolute atomic E-state index is 12.0. The first-order valence-electron chi connectivity index (χ1n) is 8.43. The van der Waals surface area contributed by atoms with Gasteiger partial charge in [-0.15, -0.1) is 0 Å². The van der Waals surface area contributed by atoms with Gasteiger partial charge < -0.3 is 14.7 Å². The van der Waals surface area contributed by atoms with Crippen LogP contribution in [0.2, 0.25) is 0 Å². The van der Waals surface area contributed by atoms with Gasteiger partial charge in [0.05, 0.1) is 12.8 Å². The Hall–Kier alpha value is -2.34. The number of carbonyl (C=O) groups excluding carboxylic acids is 1. The maximum Gasteiger partial charge on any atom is 0.267 e. The van der Waals surface area contributed by atoms with Gasteiger partial charge in [-0.1, -0.05) is 6.07 Å². The number of pyridine rings is 1. The van der Waals surface area contributed by atoms with Gasteiger partial charge in [-0.25, -0.2) is 0 Å². The standard InChI is InChI=1S/C18H23N3O3/c22-17-7-1-6-16(20-17)18(23)19-9-8-14-4-2-10-21(12-14)13-15-5-3-11-24-15/h1,3,5-7,11,14H,2,4,8-10,12-13H2,(H,19,23)(H,20,22)/t14-/m0/s1. The van der Waals surface area contributed by atoms with E-state index in [1.54, 1.807) is 18.4 Å². The third kappa shape index (κ3) is 4.58. The molecule has 6 heteroatoms. The van der Waals surface area contributed by atoms with Crippen LogP contribution in [0.1, 0.15) is 35.5 Å². The third-order valence-corrected chi connectivity index (χ3v) is 4.41. The Kier molecular flexibility index (Phi) is 5.48. The van der Waals surface area contributed by atoms with Crippen molar-refractivity contribution in [2.75, 3.05) is 19.6 Å². The fourth-order valence-corrected chi connectivity index (χ4v) is 3.22. The summed E-state index contributed by atoms with van der Waals surface area (Å²) in [4.78, 5) is 28.2. The molecule has 0 bridgehead atoms. The minimum atomic E-state index is -0.261. The molecule has 128 valence electrons. The smallest absolute Gasteiger partial charge is 0.267 e. The second-order valence-corrected chi connectivity index (χ2v) is 6.30. The van der Waals surface area contributed by atoms with E-state index in [0.717, 1.165) is 31.8 Å². The quantitative estimate of drug-likeness (QED) is 0.850. The molecule has 0 aromatic carbocycles. The maximum atomic E-state index is 12.0. The highest BCUT2D eigenvalue weighted by Crippen LogP contribution is 2.21. The van der Waals surface area contributed by atoms with Gasteiger partial charge in [-0.3, -0.25) is 14.5 Å². The SMILES string of the molecule is O=C(NCC[C@@H]1CCCN(Cc2ccco2)C1)c1cccc(=O)[nH]1. The largest absolute Gasteiger partial charge is 0.468 e. The van der Waals surface area contributed by atoms with Crippen molar-refractivity contribution >= 4 is 5.91 Å². The van der Waals surface area contributed by atoms with E-state index in [1.807, 2.05) is 12.1 Å². The van der Waals surface area contributed by atoms with Gasteiger partial charge in [-0.2, -0.15) is 0 Å². The lowest BCUT2D eigenvalue weighted by atomic mass is 9.94. The number of nitrogens with zero attached hydrogens (tertiary/aromatic N) is 1. The molecule has 3 heterocycles. The third-order valence-electron chi connectivity index (χ3n) is 4.41. The predicted octanol–water partition coefficient (Wildman–Crippen LogP) is 2.00. The van der Waals surface area contributed by atoms with Crippen LogP contribution >= 0.6 is 0 Å². The molecule has 2 N–H and O–H groups in total. The number of hydrogen-bond donors (Lipinski definition) is 2. The van der Waals surface area contributed by atoms with Gasteiger partial charge in [0, 0.05) is 19.2 Å². The number of hydrogen-bond acceptors (Lipinski definition) is 4. The zero-order valence-electron chi connectivity index (χ0n) is 13.7. The van der Waals surface area contributed by atoms with Gasteiger partial charge in [0.25, 0.3) is 5.91 Å². The van der Waals surface area contributed by atoms with Crippen molar-refractivity contribution in [3.63, 3.8) is 0 Å². The Bertz CT molecular complexity index is 708. The van der Waals surface area contributed by atoms with Gasteiger partial charge in [0.2, 0.25) is 5.56 Å². The summed E-state index contributed by atoms with van der Waals surface area (Å²) in [7, 11) is 0. The number of carbonyl (C=O) groups is 1. The molecule has 1 fully saturated rings. The average Bonchev–Trinajstić information content (AvgIpc) is 3.08. The summed E-state index contributed by atoms with van der Waals surface area (Å²) in [6, 6.07) is 8.51. The van der Waals surface area contributed by atoms with Crippen molar-refractivity contribution in [2.45, 2.75) is 25.8 Å². The monoisotopic (exact) mass is 329 g/mol. The fraction of sp³-hybridized carbons (Fsp3) is 0.444. The number of rotatable bonds is 6. The molecule has 1 aliphatic heterocycles. The van der Waals surface area contributed by atoms with Crippen molar-refractivity contribution in [3.05, 3.63) is 58.4 Å². The highest BCUT2D eigenvalue weighted by atomic mass is 16.3. The molecule has 1 saturated heterocycles. The lowest BCUT2D eigenvalue weighted by Crippen LogP contribution is -2.36. The summed E-state index contributed by atoms with van der Waals surface area (Å²) in [6.45, 7) is 3.59. The van der Waals surface area contributed by atoms with Gasteiger partial charge in [0.1, 0.15) is 11.5 Å². The number of piperidine rings is 1. The number of amides is 1. The van der Waals surface area contributed by atoms with E-state index >= 15 is 0 Å². The summed E-state index contributed by atoms with van der Waals surface area (Å²) < 4.78 is 5.42. The van der Waals surface area contributed by atoms with E-state index in [-0.39, 0.29) is 11.5 Å². The Morgan fingerprint density at radius 3 is 3.04 bits per heavy atom. The molecular weight excluding hydrogens is 306 g/mol. The number of H-pyrrole nitrogens is 1. The number of aromatic amines is 1. The van der Waals surface area contributed by atoms with Gasteiger partial charge in [-0.05, 0) is 49.9 Å². The van der Waals surface area contributed by atoms with Crippen LogP contribution < -0.4 is 10.9 Å². The Balaban J connectivity index is 1.43. The molecule has 0 radical (unpaired) electrons. The summed E-state index contributed by atoms with van der Waals surface area (Å²) in [5.41, 5.74) is 0.0501. The number of nitrogens with one attached hydrogen (secondary N) is 2. The first-order chi connectivity index (χ1) is 11.7. The zero-order valence-corrected chi connectivity index (χ0v) is 13.7. The van der Waals surface area contributed by atoms with E-state index in [0.29, 0.717) is 18.2 Å². The van der Waals surface area contributed by atoms with Crippen molar-refractivity contribution in [3.8, 4) is 0 Å². The minimum absolute atomic E-state index is 0.226. The molecule has 24 heavy (non-hydrogen) atoms. The Labute approximate surface area is 140 Å². The summed E-state index contributed by atoms with van der Waals surface area (Å²) in [6.07, 6.45) is 5.01. The molecule has 1 atom stereocenters. The molecular formula is C18H23N3O3. The molecule has 0 saturated carbocycles. The Morgan fingerprint density at radius 2 is 2.25 bits per heavy atom. The molecule has 3 rings (SSSR count). The van der Waals surface area contributed by atoms with Crippen molar-refractivity contribution in [2.24, 2.45) is 5.92 Å². The topological polar surface area (TPSA) is 78.3 Å². The zero-order chi connectivity index (χ0) is 16.8. The second-order valence-electron chi connectivity index (χ2n) is 6.30. The van der Waals surface area contributed by atoms with Crippen LogP contribution in [-0.4, -0.2) is 35.4 Å². The van der Waals surface area contributed by atoms with Crippen molar-refractivity contribution in [1.29, 1.82) is 0 Å². The van der Waals surface area contributed by atoms with E-state index in [4.69, 9.17) is 4.42 Å². The van der Waals surface area contributed by atoms with E-state index in [2.05, 4.69) is 15.2 Å².